The van der Waals surface area contributed by atoms with Gasteiger partial charge in [-0.2, -0.15) is 0 Å². The lowest BCUT2D eigenvalue weighted by Gasteiger charge is -2.32. The molecule has 3 aromatic rings. The van der Waals surface area contributed by atoms with Crippen molar-refractivity contribution >= 4 is 16.9 Å². The van der Waals surface area contributed by atoms with E-state index in [4.69, 9.17) is 9.47 Å². The molecule has 2 aromatic carbocycles. The molecule has 1 heterocycles. The minimum atomic E-state index is -0.425. The van der Waals surface area contributed by atoms with E-state index in [1.807, 2.05) is 80.6 Å². The molecular weight excluding hydrogens is 338 g/mol. The molecule has 0 N–H and O–H groups in total. The molecule has 3 rings (SSSR count). The van der Waals surface area contributed by atoms with Crippen LogP contribution in [0.1, 0.15) is 31.0 Å². The molecule has 0 aliphatic carbocycles. The van der Waals surface area contributed by atoms with Crippen LogP contribution in [0.4, 0.5) is 0 Å². The lowest BCUT2D eigenvalue weighted by Crippen LogP contribution is -2.34. The third-order valence-corrected chi connectivity index (χ3v) is 4.73. The number of fused-ring (bicyclic) bond motifs is 1. The lowest BCUT2D eigenvalue weighted by molar-refractivity contribution is -0.146. The highest BCUT2D eigenvalue weighted by Gasteiger charge is 2.37. The summed E-state index contributed by atoms with van der Waals surface area (Å²) in [5.41, 5.74) is 2.33. The van der Waals surface area contributed by atoms with Gasteiger partial charge in [-0.15, -0.1) is 0 Å². The highest BCUT2D eigenvalue weighted by Crippen LogP contribution is 2.37. The Labute approximate surface area is 160 Å². The second-order valence-electron chi connectivity index (χ2n) is 7.34. The number of pyridine rings is 1. The largest absolute Gasteiger partial charge is 0.469 e. The number of para-hydroxylation sites is 1. The molecule has 140 valence electrons. The number of carbonyl (C=O) groups excluding carboxylic acids is 1. The van der Waals surface area contributed by atoms with Crippen LogP contribution in [0.15, 0.2) is 66.7 Å². The van der Waals surface area contributed by atoms with E-state index in [0.29, 0.717) is 13.2 Å². The monoisotopic (exact) mass is 363 g/mol. The van der Waals surface area contributed by atoms with Gasteiger partial charge in [0, 0.05) is 10.8 Å². The Morgan fingerprint density at radius 3 is 2.44 bits per heavy atom. The zero-order valence-electron chi connectivity index (χ0n) is 16.0. The van der Waals surface area contributed by atoms with Crippen LogP contribution >= 0.6 is 0 Å². The summed E-state index contributed by atoms with van der Waals surface area (Å²) in [6.45, 7) is 4.86. The van der Waals surface area contributed by atoms with Gasteiger partial charge in [0.1, 0.15) is 0 Å². The highest BCUT2D eigenvalue weighted by atomic mass is 16.5. The number of aromatic nitrogens is 1. The highest BCUT2D eigenvalue weighted by molar-refractivity contribution is 5.79. The first-order valence-corrected chi connectivity index (χ1v) is 9.06. The van der Waals surface area contributed by atoms with Gasteiger partial charge in [0.05, 0.1) is 37.5 Å². The number of hydrogen-bond donors (Lipinski definition) is 0. The Hall–Kier alpha value is -2.72. The Balaban J connectivity index is 1.70. The maximum Gasteiger partial charge on any atom is 0.313 e. The second-order valence-corrected chi connectivity index (χ2v) is 7.34. The fraction of sp³-hybridized carbons (Fsp3) is 0.304. The SMILES string of the molecule is COC(=O)C(c1ccccc1)C(C)(C)COCc1ccc2ccccc2n1. The van der Waals surface area contributed by atoms with Crippen molar-refractivity contribution in [1.82, 2.24) is 4.98 Å². The van der Waals surface area contributed by atoms with Gasteiger partial charge in [-0.1, -0.05) is 68.4 Å². The standard InChI is InChI=1S/C23H25NO3/c1-23(2,21(22(25)26-3)18-10-5-4-6-11-18)16-27-15-19-14-13-17-9-7-8-12-20(17)24-19/h4-14,21H,15-16H2,1-3H3. The molecule has 4 heteroatoms. The molecule has 27 heavy (non-hydrogen) atoms. The van der Waals surface area contributed by atoms with Crippen molar-refractivity contribution in [1.29, 1.82) is 0 Å². The number of hydrogen-bond acceptors (Lipinski definition) is 4. The van der Waals surface area contributed by atoms with Crippen LogP contribution in [-0.4, -0.2) is 24.7 Å². The summed E-state index contributed by atoms with van der Waals surface area (Å²) in [4.78, 5) is 17.1. The van der Waals surface area contributed by atoms with Crippen LogP contribution < -0.4 is 0 Å². The summed E-state index contributed by atoms with van der Waals surface area (Å²) < 4.78 is 11.0. The average Bonchev–Trinajstić information content (AvgIpc) is 2.68. The number of esters is 1. The fourth-order valence-corrected chi connectivity index (χ4v) is 3.36. The van der Waals surface area contributed by atoms with E-state index < -0.39 is 11.3 Å². The lowest BCUT2D eigenvalue weighted by atomic mass is 9.75. The Morgan fingerprint density at radius 1 is 1.00 bits per heavy atom. The van der Waals surface area contributed by atoms with Crippen LogP contribution in [0.2, 0.25) is 0 Å². The second kappa shape index (κ2) is 8.31. The maximum atomic E-state index is 12.4. The van der Waals surface area contributed by atoms with E-state index in [2.05, 4.69) is 4.98 Å². The van der Waals surface area contributed by atoms with Crippen LogP contribution in [0.25, 0.3) is 10.9 Å². The van der Waals surface area contributed by atoms with Crippen LogP contribution in [0, 0.1) is 5.41 Å². The average molecular weight is 363 g/mol. The Bertz CT molecular complexity index is 906. The van der Waals surface area contributed by atoms with E-state index in [1.54, 1.807) is 0 Å². The van der Waals surface area contributed by atoms with Crippen LogP contribution in [0.5, 0.6) is 0 Å². The van der Waals surface area contributed by atoms with E-state index >= 15 is 0 Å². The molecule has 1 atom stereocenters. The number of ether oxygens (including phenoxy) is 2. The predicted octanol–water partition coefficient (Wildman–Crippen LogP) is 4.73. The minimum absolute atomic E-state index is 0.251. The van der Waals surface area contributed by atoms with Gasteiger partial charge >= 0.3 is 5.97 Å². The molecule has 0 saturated heterocycles. The minimum Gasteiger partial charge on any atom is -0.469 e. The van der Waals surface area contributed by atoms with E-state index in [9.17, 15) is 4.79 Å². The van der Waals surface area contributed by atoms with E-state index in [0.717, 1.165) is 22.2 Å². The molecule has 0 saturated carbocycles. The Morgan fingerprint density at radius 2 is 1.70 bits per heavy atom. The third kappa shape index (κ3) is 4.52. The summed E-state index contributed by atoms with van der Waals surface area (Å²) >= 11 is 0. The predicted molar refractivity (Wildman–Crippen MR) is 106 cm³/mol. The summed E-state index contributed by atoms with van der Waals surface area (Å²) in [7, 11) is 1.42. The van der Waals surface area contributed by atoms with Gasteiger partial charge in [0.15, 0.2) is 0 Å². The maximum absolute atomic E-state index is 12.4. The van der Waals surface area contributed by atoms with Gasteiger partial charge in [0.2, 0.25) is 0 Å². The topological polar surface area (TPSA) is 48.4 Å². The molecule has 0 fully saturated rings. The first-order valence-electron chi connectivity index (χ1n) is 9.06. The van der Waals surface area contributed by atoms with E-state index in [-0.39, 0.29) is 5.97 Å². The van der Waals surface area contributed by atoms with E-state index in [1.165, 1.54) is 7.11 Å². The molecule has 0 aliphatic heterocycles. The summed E-state index contributed by atoms with van der Waals surface area (Å²) in [6, 6.07) is 21.7. The molecule has 1 aromatic heterocycles. The van der Waals surface area contributed by atoms with Crippen molar-refractivity contribution in [2.75, 3.05) is 13.7 Å². The van der Waals surface area contributed by atoms with Crippen LogP contribution in [0.3, 0.4) is 0 Å². The van der Waals surface area contributed by atoms with Crippen molar-refractivity contribution in [2.24, 2.45) is 5.41 Å². The van der Waals surface area contributed by atoms with Gasteiger partial charge in [-0.05, 0) is 17.7 Å². The first kappa shape index (κ1) is 19.1. The van der Waals surface area contributed by atoms with Crippen LogP contribution in [-0.2, 0) is 20.9 Å². The zero-order chi connectivity index (χ0) is 19.3. The molecule has 0 aliphatic rings. The number of methoxy groups -OCH3 is 1. The number of benzene rings is 2. The van der Waals surface area contributed by atoms with Gasteiger partial charge in [0.25, 0.3) is 0 Å². The molecular formula is C23H25NO3. The fourth-order valence-electron chi connectivity index (χ4n) is 3.36. The molecule has 0 bridgehead atoms. The van der Waals surface area contributed by atoms with Crippen molar-refractivity contribution in [3.63, 3.8) is 0 Å². The first-order chi connectivity index (χ1) is 13.0. The smallest absolute Gasteiger partial charge is 0.313 e. The van der Waals surface area contributed by atoms with Gasteiger partial charge in [-0.25, -0.2) is 0 Å². The van der Waals surface area contributed by atoms with Crippen molar-refractivity contribution < 1.29 is 14.3 Å². The molecule has 0 amide bonds. The molecule has 4 nitrogen and oxygen atoms in total. The summed E-state index contributed by atoms with van der Waals surface area (Å²) in [6.07, 6.45) is 0. The van der Waals surface area contributed by atoms with Crippen molar-refractivity contribution in [2.45, 2.75) is 26.4 Å². The molecule has 1 unspecified atom stereocenters. The summed E-state index contributed by atoms with van der Waals surface area (Å²) in [5, 5.41) is 1.11. The third-order valence-electron chi connectivity index (χ3n) is 4.73. The van der Waals surface area contributed by atoms with Gasteiger partial charge in [-0.3, -0.25) is 9.78 Å². The number of carbonyl (C=O) groups is 1. The van der Waals surface area contributed by atoms with Crippen molar-refractivity contribution in [3.05, 3.63) is 78.0 Å². The molecule has 0 radical (unpaired) electrons. The molecule has 0 spiro atoms. The Kier molecular flexibility index (Phi) is 5.87. The number of rotatable bonds is 7. The van der Waals surface area contributed by atoms with Gasteiger partial charge < -0.3 is 9.47 Å². The zero-order valence-corrected chi connectivity index (χ0v) is 16.0. The summed E-state index contributed by atoms with van der Waals surface area (Å²) in [5.74, 6) is -0.646. The number of nitrogens with zero attached hydrogens (tertiary/aromatic N) is 1. The van der Waals surface area contributed by atoms with Crippen molar-refractivity contribution in [3.8, 4) is 0 Å². The normalized spacial score (nSPS) is 12.7. The quantitative estimate of drug-likeness (QED) is 0.569.